The smallest absolute Gasteiger partial charge is 0.272 e. The Labute approximate surface area is 152 Å². The van der Waals surface area contributed by atoms with Crippen molar-refractivity contribution in [1.29, 1.82) is 0 Å². The number of rotatable bonds is 3. The lowest BCUT2D eigenvalue weighted by Gasteiger charge is -2.36. The largest absolute Gasteiger partial charge is 0.495 e. The van der Waals surface area contributed by atoms with E-state index in [0.717, 1.165) is 11.4 Å². The lowest BCUT2D eigenvalue weighted by Crippen LogP contribution is -2.49. The number of nitrogens with zero attached hydrogens (tertiary/aromatic N) is 3. The number of para-hydroxylation sites is 2. The fraction of sp³-hybridized carbons (Fsp3) is 0.333. The molecule has 2 heterocycles. The van der Waals surface area contributed by atoms with E-state index in [9.17, 15) is 9.18 Å². The lowest BCUT2D eigenvalue weighted by atomic mass is 10.2. The molecule has 1 fully saturated rings. The Morgan fingerprint density at radius 1 is 1.12 bits per heavy atom. The molecule has 0 bridgehead atoms. The maximum atomic E-state index is 13.3. The second kappa shape index (κ2) is 8.16. The number of benzene rings is 1. The molecule has 7 heteroatoms. The molecular weight excluding hydrogens is 345 g/mol. The van der Waals surface area contributed by atoms with Gasteiger partial charge < -0.3 is 14.5 Å². The minimum Gasteiger partial charge on any atom is -0.495 e. The highest BCUT2D eigenvalue weighted by molar-refractivity contribution is 5.92. The first-order valence-electron chi connectivity index (χ1n) is 7.90. The minimum atomic E-state index is -0.396. The molecular formula is C18H21ClFN3O2. The monoisotopic (exact) mass is 365 g/mol. The van der Waals surface area contributed by atoms with Crippen LogP contribution >= 0.6 is 12.4 Å². The van der Waals surface area contributed by atoms with E-state index in [1.54, 1.807) is 18.9 Å². The van der Waals surface area contributed by atoms with Crippen molar-refractivity contribution < 1.29 is 13.9 Å². The lowest BCUT2D eigenvalue weighted by molar-refractivity contribution is 0.0740. The molecule has 1 aromatic carbocycles. The van der Waals surface area contributed by atoms with Crippen molar-refractivity contribution in [2.24, 2.45) is 0 Å². The molecule has 0 saturated carbocycles. The van der Waals surface area contributed by atoms with Gasteiger partial charge in [0, 0.05) is 26.2 Å². The van der Waals surface area contributed by atoms with Crippen molar-refractivity contribution in [3.63, 3.8) is 0 Å². The van der Waals surface area contributed by atoms with Crippen molar-refractivity contribution in [1.82, 2.24) is 9.88 Å². The Kier molecular flexibility index (Phi) is 6.20. The standard InChI is InChI=1S/C18H20FN3O2.ClH/c1-13-14(19)7-8-15(20-13)18(23)22-11-9-21(10-12-22)16-5-3-4-6-17(16)24-2;/h3-8H,9-12H2,1-2H3;1H. The number of halogens is 2. The molecule has 1 aliphatic rings. The van der Waals surface area contributed by atoms with Gasteiger partial charge in [-0.2, -0.15) is 0 Å². The van der Waals surface area contributed by atoms with Crippen molar-refractivity contribution in [2.45, 2.75) is 6.92 Å². The molecule has 0 spiro atoms. The molecule has 1 amide bonds. The van der Waals surface area contributed by atoms with Gasteiger partial charge in [0.2, 0.25) is 0 Å². The number of hydrogen-bond acceptors (Lipinski definition) is 4. The van der Waals surface area contributed by atoms with Gasteiger partial charge in [0.05, 0.1) is 18.5 Å². The van der Waals surface area contributed by atoms with Gasteiger partial charge in [-0.3, -0.25) is 4.79 Å². The molecule has 3 rings (SSSR count). The highest BCUT2D eigenvalue weighted by atomic mass is 35.5. The molecule has 0 radical (unpaired) electrons. The maximum absolute atomic E-state index is 13.3. The van der Waals surface area contributed by atoms with Crippen LogP contribution in [-0.4, -0.2) is 49.1 Å². The highest BCUT2D eigenvalue weighted by Gasteiger charge is 2.24. The van der Waals surface area contributed by atoms with Crippen LogP contribution in [-0.2, 0) is 0 Å². The first kappa shape index (κ1) is 19.0. The van der Waals surface area contributed by atoms with E-state index in [0.29, 0.717) is 31.9 Å². The second-order valence-corrected chi connectivity index (χ2v) is 5.71. The summed E-state index contributed by atoms with van der Waals surface area (Å²) >= 11 is 0. The molecule has 1 aromatic heterocycles. The van der Waals surface area contributed by atoms with Crippen LogP contribution in [0, 0.1) is 12.7 Å². The molecule has 0 unspecified atom stereocenters. The molecule has 0 atom stereocenters. The normalized spacial score (nSPS) is 14.0. The number of anilines is 1. The van der Waals surface area contributed by atoms with Crippen LogP contribution in [0.1, 0.15) is 16.2 Å². The first-order valence-corrected chi connectivity index (χ1v) is 7.90. The summed E-state index contributed by atoms with van der Waals surface area (Å²) in [6.45, 7) is 4.17. The molecule has 134 valence electrons. The van der Waals surface area contributed by atoms with E-state index >= 15 is 0 Å². The van der Waals surface area contributed by atoms with Gasteiger partial charge in [-0.1, -0.05) is 12.1 Å². The summed E-state index contributed by atoms with van der Waals surface area (Å²) in [4.78, 5) is 20.5. The molecule has 5 nitrogen and oxygen atoms in total. The molecule has 25 heavy (non-hydrogen) atoms. The highest BCUT2D eigenvalue weighted by Crippen LogP contribution is 2.28. The van der Waals surface area contributed by atoms with Gasteiger partial charge in [-0.15, -0.1) is 12.4 Å². The Morgan fingerprint density at radius 3 is 2.44 bits per heavy atom. The van der Waals surface area contributed by atoms with Gasteiger partial charge in [0.1, 0.15) is 17.3 Å². The molecule has 2 aromatic rings. The zero-order valence-electron chi connectivity index (χ0n) is 14.2. The number of carbonyl (C=O) groups is 1. The van der Waals surface area contributed by atoms with E-state index < -0.39 is 5.82 Å². The summed E-state index contributed by atoms with van der Waals surface area (Å²) in [6, 6.07) is 10.6. The summed E-state index contributed by atoms with van der Waals surface area (Å²) < 4.78 is 18.7. The summed E-state index contributed by atoms with van der Waals surface area (Å²) in [7, 11) is 1.65. The van der Waals surface area contributed by atoms with Crippen molar-refractivity contribution >= 4 is 24.0 Å². The van der Waals surface area contributed by atoms with Gasteiger partial charge in [-0.05, 0) is 31.2 Å². The third-order valence-corrected chi connectivity index (χ3v) is 4.23. The van der Waals surface area contributed by atoms with Crippen LogP contribution in [0.15, 0.2) is 36.4 Å². The molecule has 0 N–H and O–H groups in total. The number of pyridine rings is 1. The van der Waals surface area contributed by atoms with Crippen LogP contribution in [0.4, 0.5) is 10.1 Å². The maximum Gasteiger partial charge on any atom is 0.272 e. The topological polar surface area (TPSA) is 45.7 Å². The number of methoxy groups -OCH3 is 1. The van der Waals surface area contributed by atoms with Gasteiger partial charge in [-0.25, -0.2) is 9.37 Å². The number of aryl methyl sites for hydroxylation is 1. The summed E-state index contributed by atoms with van der Waals surface area (Å²) in [5.41, 5.74) is 1.57. The predicted octanol–water partition coefficient (Wildman–Crippen LogP) is 2.92. The van der Waals surface area contributed by atoms with Crippen LogP contribution in [0.5, 0.6) is 5.75 Å². The van der Waals surface area contributed by atoms with Crippen LogP contribution in [0.2, 0.25) is 0 Å². The number of ether oxygens (including phenoxy) is 1. The van der Waals surface area contributed by atoms with Crippen LogP contribution in [0.25, 0.3) is 0 Å². The van der Waals surface area contributed by atoms with Crippen LogP contribution in [0.3, 0.4) is 0 Å². The van der Waals surface area contributed by atoms with E-state index in [-0.39, 0.29) is 24.0 Å². The van der Waals surface area contributed by atoms with Crippen molar-refractivity contribution in [3.8, 4) is 5.75 Å². The number of hydrogen-bond donors (Lipinski definition) is 0. The van der Waals surface area contributed by atoms with Gasteiger partial charge in [0.15, 0.2) is 0 Å². The molecule has 1 aliphatic heterocycles. The Bertz CT molecular complexity index is 749. The number of piperazine rings is 1. The minimum absolute atomic E-state index is 0. The Morgan fingerprint density at radius 2 is 1.80 bits per heavy atom. The summed E-state index contributed by atoms with van der Waals surface area (Å²) in [6.07, 6.45) is 0. The third kappa shape index (κ3) is 4.02. The number of amides is 1. The quantitative estimate of drug-likeness (QED) is 0.839. The Balaban J connectivity index is 0.00000225. The van der Waals surface area contributed by atoms with E-state index in [1.807, 2.05) is 24.3 Å². The van der Waals surface area contributed by atoms with E-state index in [4.69, 9.17) is 4.74 Å². The number of aromatic nitrogens is 1. The summed E-state index contributed by atoms with van der Waals surface area (Å²) in [5.74, 6) is 0.276. The average Bonchev–Trinajstić information content (AvgIpc) is 2.63. The fourth-order valence-electron chi connectivity index (χ4n) is 2.87. The van der Waals surface area contributed by atoms with Crippen molar-refractivity contribution in [3.05, 3.63) is 53.6 Å². The SMILES string of the molecule is COc1ccccc1N1CCN(C(=O)c2ccc(F)c(C)n2)CC1.Cl. The zero-order valence-corrected chi connectivity index (χ0v) is 15.1. The second-order valence-electron chi connectivity index (χ2n) is 5.71. The van der Waals surface area contributed by atoms with Gasteiger partial charge in [0.25, 0.3) is 5.91 Å². The van der Waals surface area contributed by atoms with E-state index in [1.165, 1.54) is 12.1 Å². The van der Waals surface area contributed by atoms with Gasteiger partial charge >= 0.3 is 0 Å². The fourth-order valence-corrected chi connectivity index (χ4v) is 2.87. The number of carbonyl (C=O) groups excluding carboxylic acids is 1. The Hall–Kier alpha value is -2.34. The zero-order chi connectivity index (χ0) is 17.1. The van der Waals surface area contributed by atoms with Crippen LogP contribution < -0.4 is 9.64 Å². The first-order chi connectivity index (χ1) is 11.6. The van der Waals surface area contributed by atoms with E-state index in [2.05, 4.69) is 9.88 Å². The predicted molar refractivity (Wildman–Crippen MR) is 97.3 cm³/mol. The molecule has 0 aliphatic carbocycles. The third-order valence-electron chi connectivity index (χ3n) is 4.23. The summed E-state index contributed by atoms with van der Waals surface area (Å²) in [5, 5.41) is 0. The average molecular weight is 366 g/mol. The molecule has 1 saturated heterocycles. The van der Waals surface area contributed by atoms with Crippen molar-refractivity contribution in [2.75, 3.05) is 38.2 Å².